The van der Waals surface area contributed by atoms with Gasteiger partial charge in [-0.1, -0.05) is 43.3 Å². The summed E-state index contributed by atoms with van der Waals surface area (Å²) in [7, 11) is -3.45. The van der Waals surface area contributed by atoms with E-state index in [0.29, 0.717) is 12.1 Å². The number of ether oxygens (including phenoxy) is 1. The molecule has 0 aromatic heterocycles. The number of carbonyl (C=O) groups excluding carboxylic acids is 2. The lowest BCUT2D eigenvalue weighted by atomic mass is 9.96. The molecule has 0 saturated carbocycles. The van der Waals surface area contributed by atoms with Crippen molar-refractivity contribution in [1.82, 2.24) is 5.32 Å². The lowest BCUT2D eigenvalue weighted by molar-refractivity contribution is -0.129. The summed E-state index contributed by atoms with van der Waals surface area (Å²) in [4.78, 5) is 24.9. The second kappa shape index (κ2) is 9.69. The Morgan fingerprint density at radius 3 is 2.34 bits per heavy atom. The summed E-state index contributed by atoms with van der Waals surface area (Å²) in [6.45, 7) is 5.65. The molecule has 0 aliphatic carbocycles. The fourth-order valence-corrected chi connectivity index (χ4v) is 3.57. The predicted octanol–water partition coefficient (Wildman–Crippen LogP) is 3.25. The van der Waals surface area contributed by atoms with Gasteiger partial charge in [0, 0.05) is 18.7 Å². The molecule has 1 N–H and O–H groups in total. The molecular weight excluding hydrogens is 390 g/mol. The average Bonchev–Trinajstić information content (AvgIpc) is 2.68. The molecule has 0 radical (unpaired) electrons. The van der Waals surface area contributed by atoms with Crippen LogP contribution in [0.2, 0.25) is 0 Å². The van der Waals surface area contributed by atoms with Crippen LogP contribution in [0.25, 0.3) is 0 Å². The lowest BCUT2D eigenvalue weighted by Crippen LogP contribution is -2.38. The number of carbonyl (C=O) groups is 2. The zero-order valence-corrected chi connectivity index (χ0v) is 18.0. The van der Waals surface area contributed by atoms with Crippen LogP contribution in [0.4, 0.5) is 0 Å². The normalized spacial score (nSPS) is 13.4. The third-order valence-corrected chi connectivity index (χ3v) is 5.91. The van der Waals surface area contributed by atoms with E-state index in [4.69, 9.17) is 4.74 Å². The fraction of sp³-hybridized carbons (Fsp3) is 0.364. The fourth-order valence-electron chi connectivity index (χ4n) is 2.92. The molecule has 7 heteroatoms. The van der Waals surface area contributed by atoms with Gasteiger partial charge in [-0.05, 0) is 43.5 Å². The quantitative estimate of drug-likeness (QED) is 0.666. The van der Waals surface area contributed by atoms with Gasteiger partial charge in [0.2, 0.25) is 0 Å². The number of amides is 1. The number of aryl methyl sites for hydroxylation is 1. The molecule has 0 aliphatic heterocycles. The van der Waals surface area contributed by atoms with Crippen molar-refractivity contribution in [2.75, 3.05) is 12.8 Å². The van der Waals surface area contributed by atoms with Crippen LogP contribution in [-0.4, -0.2) is 39.2 Å². The molecule has 156 valence electrons. The number of hydrogen-bond acceptors (Lipinski definition) is 5. The van der Waals surface area contributed by atoms with Gasteiger partial charge in [-0.2, -0.15) is 0 Å². The number of sulfone groups is 1. The molecule has 0 unspecified atom stereocenters. The molecule has 0 fully saturated rings. The molecule has 2 aromatic carbocycles. The van der Waals surface area contributed by atoms with Crippen molar-refractivity contribution in [1.29, 1.82) is 0 Å². The van der Waals surface area contributed by atoms with Crippen LogP contribution < -0.4 is 5.32 Å². The molecule has 0 aliphatic rings. The number of benzene rings is 2. The van der Waals surface area contributed by atoms with E-state index in [1.165, 1.54) is 19.1 Å². The minimum Gasteiger partial charge on any atom is -0.449 e. The Labute approximate surface area is 172 Å². The molecule has 2 atom stereocenters. The van der Waals surface area contributed by atoms with Crippen LogP contribution in [0, 0.1) is 6.92 Å². The highest BCUT2D eigenvalue weighted by molar-refractivity contribution is 7.90. The summed E-state index contributed by atoms with van der Waals surface area (Å²) in [5.41, 5.74) is 1.83. The molecule has 0 saturated heterocycles. The predicted molar refractivity (Wildman–Crippen MR) is 112 cm³/mol. The van der Waals surface area contributed by atoms with E-state index < -0.39 is 27.8 Å². The molecule has 0 spiro atoms. The lowest BCUT2D eigenvalue weighted by Gasteiger charge is -2.19. The number of esters is 1. The summed E-state index contributed by atoms with van der Waals surface area (Å²) in [6, 6.07) is 14.1. The van der Waals surface area contributed by atoms with Gasteiger partial charge in [0.25, 0.3) is 5.91 Å². The summed E-state index contributed by atoms with van der Waals surface area (Å²) in [5, 5.41) is 2.83. The summed E-state index contributed by atoms with van der Waals surface area (Å²) < 4.78 is 28.7. The summed E-state index contributed by atoms with van der Waals surface area (Å²) in [6.07, 6.45) is 0.924. The molecule has 2 rings (SSSR count). The van der Waals surface area contributed by atoms with Gasteiger partial charge >= 0.3 is 5.97 Å². The first-order valence-corrected chi connectivity index (χ1v) is 11.4. The van der Waals surface area contributed by atoms with Crippen molar-refractivity contribution in [3.63, 3.8) is 0 Å². The van der Waals surface area contributed by atoms with Crippen molar-refractivity contribution in [3.8, 4) is 0 Å². The number of hydrogen-bond donors (Lipinski definition) is 1. The second-order valence-corrected chi connectivity index (χ2v) is 9.07. The van der Waals surface area contributed by atoms with Crippen LogP contribution in [0.5, 0.6) is 0 Å². The zero-order valence-electron chi connectivity index (χ0n) is 17.1. The highest BCUT2D eigenvalue weighted by Crippen LogP contribution is 2.19. The van der Waals surface area contributed by atoms with Crippen LogP contribution in [0.3, 0.4) is 0 Å². The Bertz CT molecular complexity index is 970. The SMILES string of the molecule is CC[C@@H](CNC(=O)[C@@H](C)OC(=O)c1cc(S(C)(=O)=O)ccc1C)c1ccccc1. The van der Waals surface area contributed by atoms with E-state index in [1.807, 2.05) is 37.3 Å². The minimum atomic E-state index is -3.45. The highest BCUT2D eigenvalue weighted by atomic mass is 32.2. The Morgan fingerprint density at radius 1 is 1.10 bits per heavy atom. The third-order valence-electron chi connectivity index (χ3n) is 4.80. The molecule has 6 nitrogen and oxygen atoms in total. The van der Waals surface area contributed by atoms with Gasteiger partial charge in [0.1, 0.15) is 0 Å². The standard InChI is InChI=1S/C22H27NO5S/c1-5-17(18-9-7-6-8-10-18)14-23-21(24)16(3)28-22(25)20-13-19(29(4,26)27)12-11-15(20)2/h6-13,16-17H,5,14H2,1-4H3,(H,23,24)/t16-,17+/m1/s1. The Morgan fingerprint density at radius 2 is 1.76 bits per heavy atom. The summed E-state index contributed by atoms with van der Waals surface area (Å²) >= 11 is 0. The first-order chi connectivity index (χ1) is 13.6. The van der Waals surface area contributed by atoms with Crippen molar-refractivity contribution in [2.24, 2.45) is 0 Å². The zero-order chi connectivity index (χ0) is 21.6. The molecule has 2 aromatic rings. The minimum absolute atomic E-state index is 0.0285. The molecule has 29 heavy (non-hydrogen) atoms. The van der Waals surface area contributed by atoms with E-state index in [9.17, 15) is 18.0 Å². The van der Waals surface area contributed by atoms with Crippen LogP contribution in [0.15, 0.2) is 53.4 Å². The second-order valence-electron chi connectivity index (χ2n) is 7.06. The third kappa shape index (κ3) is 6.15. The van der Waals surface area contributed by atoms with Crippen LogP contribution >= 0.6 is 0 Å². The number of nitrogens with one attached hydrogen (secondary N) is 1. The topological polar surface area (TPSA) is 89.5 Å². The van der Waals surface area contributed by atoms with E-state index in [2.05, 4.69) is 5.32 Å². The van der Waals surface area contributed by atoms with Crippen LogP contribution in [0.1, 0.15) is 47.7 Å². The Balaban J connectivity index is 2.01. The Kier molecular flexibility index (Phi) is 7.56. The molecule has 0 bridgehead atoms. The maximum atomic E-state index is 12.5. The number of rotatable bonds is 8. The first-order valence-electron chi connectivity index (χ1n) is 9.47. The van der Waals surface area contributed by atoms with Gasteiger partial charge in [-0.15, -0.1) is 0 Å². The van der Waals surface area contributed by atoms with E-state index in [0.717, 1.165) is 18.2 Å². The maximum absolute atomic E-state index is 12.5. The van der Waals surface area contributed by atoms with E-state index >= 15 is 0 Å². The van der Waals surface area contributed by atoms with Crippen molar-refractivity contribution in [2.45, 2.75) is 44.1 Å². The van der Waals surface area contributed by atoms with Gasteiger partial charge in [0.15, 0.2) is 15.9 Å². The molecule has 1 amide bonds. The smallest absolute Gasteiger partial charge is 0.339 e. The maximum Gasteiger partial charge on any atom is 0.339 e. The molecule has 0 heterocycles. The van der Waals surface area contributed by atoms with E-state index in [1.54, 1.807) is 13.0 Å². The van der Waals surface area contributed by atoms with Crippen LogP contribution in [-0.2, 0) is 19.4 Å². The van der Waals surface area contributed by atoms with Gasteiger partial charge < -0.3 is 10.1 Å². The van der Waals surface area contributed by atoms with Gasteiger partial charge in [-0.3, -0.25) is 4.79 Å². The van der Waals surface area contributed by atoms with E-state index in [-0.39, 0.29) is 16.4 Å². The summed E-state index contributed by atoms with van der Waals surface area (Å²) in [5.74, 6) is -0.966. The van der Waals surface area contributed by atoms with Gasteiger partial charge in [0.05, 0.1) is 10.5 Å². The average molecular weight is 418 g/mol. The van der Waals surface area contributed by atoms with Gasteiger partial charge in [-0.25, -0.2) is 13.2 Å². The van der Waals surface area contributed by atoms with Crippen molar-refractivity contribution < 1.29 is 22.7 Å². The Hall–Kier alpha value is -2.67. The van der Waals surface area contributed by atoms with Crippen molar-refractivity contribution in [3.05, 3.63) is 65.2 Å². The monoisotopic (exact) mass is 417 g/mol. The first kappa shape index (κ1) is 22.6. The van der Waals surface area contributed by atoms with Crippen molar-refractivity contribution >= 4 is 21.7 Å². The highest BCUT2D eigenvalue weighted by Gasteiger charge is 2.22. The molecular formula is C22H27NO5S. The largest absolute Gasteiger partial charge is 0.449 e.